The van der Waals surface area contributed by atoms with Crippen LogP contribution in [0.1, 0.15) is 129 Å². The van der Waals surface area contributed by atoms with E-state index in [9.17, 15) is 39.2 Å². The second kappa shape index (κ2) is 33.1. The predicted octanol–water partition coefficient (Wildman–Crippen LogP) is 7.27. The minimum atomic E-state index is -4.49. The fourth-order valence-corrected chi connectivity index (χ4v) is 6.97. The van der Waals surface area contributed by atoms with E-state index in [1.807, 2.05) is 0 Å². The number of esters is 2. The van der Waals surface area contributed by atoms with E-state index in [0.29, 0.717) is 25.7 Å². The number of allylic oxidation sites excluding steroid dienone is 8. The number of hydrogen-bond acceptors (Lipinski definition) is 12. The van der Waals surface area contributed by atoms with Gasteiger partial charge in [-0.1, -0.05) is 93.9 Å². The summed E-state index contributed by atoms with van der Waals surface area (Å²) in [4.78, 5) is 47.8. The Morgan fingerprint density at radius 1 is 0.789 bits per heavy atom. The topological polar surface area (TPSA) is 212 Å². The Morgan fingerprint density at radius 2 is 1.42 bits per heavy atom. The Hall–Kier alpha value is -2.74. The Kier molecular flexibility index (Phi) is 30.4. The molecule has 14 heteroatoms. The molecule has 0 radical (unpaired) electrons. The second-order valence-electron chi connectivity index (χ2n) is 14.4. The molecule has 0 aromatic carbocycles. The Morgan fingerprint density at radius 3 is 2.09 bits per heavy atom. The van der Waals surface area contributed by atoms with Crippen LogP contribution in [0.3, 0.4) is 0 Å². The normalized spacial score (nSPS) is 21.0. The Labute approximate surface area is 341 Å². The fraction of sp³-hybridized carbons (Fsp3) is 0.698. The number of ether oxygens (including phenoxy) is 2. The number of hydrogen-bond donors (Lipinski definition) is 5. The summed E-state index contributed by atoms with van der Waals surface area (Å²) in [5.74, 6) is -2.21. The van der Waals surface area contributed by atoms with Crippen LogP contribution in [0, 0.1) is 11.8 Å². The van der Waals surface area contributed by atoms with Gasteiger partial charge < -0.3 is 35.4 Å². The van der Waals surface area contributed by atoms with Gasteiger partial charge in [0, 0.05) is 50.5 Å². The lowest BCUT2D eigenvalue weighted by Crippen LogP contribution is -2.29. The molecule has 0 amide bonds. The first-order valence-corrected chi connectivity index (χ1v) is 22.4. The van der Waals surface area contributed by atoms with E-state index >= 15 is 0 Å². The minimum absolute atomic E-state index is 0.0150. The molecule has 1 unspecified atom stereocenters. The molecule has 1 aliphatic rings. The van der Waals surface area contributed by atoms with Crippen molar-refractivity contribution in [1.29, 1.82) is 0 Å². The first-order chi connectivity index (χ1) is 27.4. The molecular weight excluding hydrogens is 753 g/mol. The lowest BCUT2D eigenvalue weighted by atomic mass is 9.87. The predicted molar refractivity (Wildman–Crippen MR) is 222 cm³/mol. The summed E-state index contributed by atoms with van der Waals surface area (Å²) >= 11 is 0. The molecule has 1 rings (SSSR count). The summed E-state index contributed by atoms with van der Waals surface area (Å²) in [6, 6.07) is 0. The van der Waals surface area contributed by atoms with E-state index in [1.54, 1.807) is 12.2 Å². The summed E-state index contributed by atoms with van der Waals surface area (Å²) in [5, 5.41) is 31.3. The van der Waals surface area contributed by atoms with Gasteiger partial charge in [-0.15, -0.1) is 0 Å². The van der Waals surface area contributed by atoms with Crippen LogP contribution in [0.5, 0.6) is 0 Å². The van der Waals surface area contributed by atoms with Crippen molar-refractivity contribution >= 4 is 25.5 Å². The molecule has 57 heavy (non-hydrogen) atoms. The van der Waals surface area contributed by atoms with E-state index in [1.165, 1.54) is 0 Å². The molecule has 0 aliphatic heterocycles. The third kappa shape index (κ3) is 27.6. The minimum Gasteiger partial charge on any atom is -0.462 e. The van der Waals surface area contributed by atoms with E-state index < -0.39 is 69.2 Å². The highest BCUT2D eigenvalue weighted by Crippen LogP contribution is 2.43. The average Bonchev–Trinajstić information content (AvgIpc) is 3.44. The second-order valence-corrected chi connectivity index (χ2v) is 15.9. The number of aliphatic hydroxyl groups is 3. The number of phosphoric ester groups is 1. The summed E-state index contributed by atoms with van der Waals surface area (Å²) < 4.78 is 32.6. The van der Waals surface area contributed by atoms with Gasteiger partial charge in [0.05, 0.1) is 31.5 Å². The van der Waals surface area contributed by atoms with Crippen molar-refractivity contribution in [2.75, 3.05) is 26.4 Å². The quantitative estimate of drug-likeness (QED) is 0.0187. The zero-order valence-electron chi connectivity index (χ0n) is 34.4. The molecule has 1 aliphatic carbocycles. The Balaban J connectivity index is 2.49. The van der Waals surface area contributed by atoms with E-state index in [4.69, 9.17) is 24.3 Å². The molecule has 1 saturated carbocycles. The molecule has 0 aromatic heterocycles. The molecule has 0 aromatic rings. The molecule has 0 heterocycles. The zero-order valence-corrected chi connectivity index (χ0v) is 35.3. The van der Waals surface area contributed by atoms with Gasteiger partial charge >= 0.3 is 19.8 Å². The molecule has 6 N–H and O–H groups in total. The molecule has 1 fully saturated rings. The number of nitrogens with two attached hydrogens (primary N) is 1. The number of carbonyl (C=O) groups excluding carboxylic acids is 3. The van der Waals surface area contributed by atoms with Gasteiger partial charge in [0.25, 0.3) is 0 Å². The van der Waals surface area contributed by atoms with Gasteiger partial charge in [-0.2, -0.15) is 0 Å². The first kappa shape index (κ1) is 52.3. The summed E-state index contributed by atoms with van der Waals surface area (Å²) in [6.07, 6.45) is 27.5. The van der Waals surface area contributed by atoms with Crippen LogP contribution in [0.15, 0.2) is 60.8 Å². The highest BCUT2D eigenvalue weighted by atomic mass is 31.2. The van der Waals surface area contributed by atoms with Gasteiger partial charge in [-0.05, 0) is 64.2 Å². The maximum atomic E-state index is 12.8. The third-order valence-corrected chi connectivity index (χ3v) is 10.4. The summed E-state index contributed by atoms with van der Waals surface area (Å²) in [7, 11) is -4.49. The molecule has 7 atom stereocenters. The number of aliphatic hydroxyl groups excluding tert-OH is 3. The largest absolute Gasteiger partial charge is 0.472 e. The average molecular weight is 826 g/mol. The van der Waals surface area contributed by atoms with Gasteiger partial charge in [0.2, 0.25) is 0 Å². The summed E-state index contributed by atoms with van der Waals surface area (Å²) in [6.45, 7) is 2.99. The number of phosphoric acid groups is 1. The van der Waals surface area contributed by atoms with Crippen LogP contribution in [-0.2, 0) is 37.5 Å². The highest BCUT2D eigenvalue weighted by Gasteiger charge is 2.41. The van der Waals surface area contributed by atoms with Crippen LogP contribution in [0.4, 0.5) is 0 Å². The van der Waals surface area contributed by atoms with E-state index in [2.05, 4.69) is 62.5 Å². The molecule has 326 valence electrons. The van der Waals surface area contributed by atoms with E-state index in [-0.39, 0.29) is 51.0 Å². The number of carbonyl (C=O) groups is 3. The number of unbranched alkanes of at least 4 members (excludes halogenated alkanes) is 5. The molecular formula is C43H72NO12P. The smallest absolute Gasteiger partial charge is 0.462 e. The van der Waals surface area contributed by atoms with Crippen LogP contribution in [0.2, 0.25) is 0 Å². The van der Waals surface area contributed by atoms with Crippen molar-refractivity contribution in [3.05, 3.63) is 60.8 Å². The number of ketones is 1. The lowest BCUT2D eigenvalue weighted by molar-refractivity contribution is -0.161. The molecule has 0 saturated heterocycles. The monoisotopic (exact) mass is 825 g/mol. The maximum Gasteiger partial charge on any atom is 0.472 e. The van der Waals surface area contributed by atoms with Crippen LogP contribution >= 0.6 is 7.82 Å². The van der Waals surface area contributed by atoms with Crippen LogP contribution < -0.4 is 5.73 Å². The molecule has 13 nitrogen and oxygen atoms in total. The lowest BCUT2D eigenvalue weighted by Gasteiger charge is -2.20. The van der Waals surface area contributed by atoms with Crippen molar-refractivity contribution in [1.82, 2.24) is 0 Å². The van der Waals surface area contributed by atoms with Crippen molar-refractivity contribution in [3.8, 4) is 0 Å². The number of Topliss-reactive ketones (excluding diaryl/α,β-unsaturated/α-hetero) is 1. The van der Waals surface area contributed by atoms with Crippen molar-refractivity contribution in [2.45, 2.75) is 154 Å². The van der Waals surface area contributed by atoms with Crippen molar-refractivity contribution < 1.29 is 57.7 Å². The summed E-state index contributed by atoms with van der Waals surface area (Å²) in [5.41, 5.74) is 5.32. The van der Waals surface area contributed by atoms with Crippen LogP contribution in [-0.4, -0.2) is 88.7 Å². The Bertz CT molecular complexity index is 1300. The maximum absolute atomic E-state index is 12.8. The highest BCUT2D eigenvalue weighted by molar-refractivity contribution is 7.47. The SMILES string of the molecule is CC/C=C\C/C=C\C/C=C\C/C=C\CCCCC(=O)OC[C@H](COP(=O)(O)OCCN)OC(=O)CCCCC(=O)C[C@@H]1[C@@H](/C=C/[C@@H](O)CCCCC)[C@H](O)C[C@@H]1O. The fourth-order valence-electron chi connectivity index (χ4n) is 6.21. The molecule has 0 spiro atoms. The van der Waals surface area contributed by atoms with Crippen molar-refractivity contribution in [3.63, 3.8) is 0 Å². The van der Waals surface area contributed by atoms with Gasteiger partial charge in [-0.3, -0.25) is 23.4 Å². The zero-order chi connectivity index (χ0) is 42.2. The van der Waals surface area contributed by atoms with E-state index in [0.717, 1.165) is 57.8 Å². The first-order valence-electron chi connectivity index (χ1n) is 20.9. The number of rotatable bonds is 34. The van der Waals surface area contributed by atoms with Gasteiger partial charge in [0.15, 0.2) is 6.10 Å². The third-order valence-electron chi connectivity index (χ3n) is 9.37. The van der Waals surface area contributed by atoms with Gasteiger partial charge in [0.1, 0.15) is 12.4 Å². The standard InChI is InChI=1S/C43H72NO12P/c1-3-5-7-8-9-10-11-12-13-14-15-16-17-18-20-25-42(49)53-33-37(34-55-57(51,52)54-30-29-44)56-43(50)26-22-21-24-36(46)31-39-38(40(47)32-41(39)48)28-27-35(45)23-19-6-4-2/h5,7,9-10,12-13,15-16,27-28,35,37-41,45,47-48H,3-4,6,8,11,14,17-26,29-34,44H2,1-2H3,(H,51,52)/b7-5-,10-9-,13-12-,16-15-,28-27+/t35-,37+,38+,39+,40+,41-/m0/s1. The van der Waals surface area contributed by atoms with Crippen molar-refractivity contribution in [2.24, 2.45) is 17.6 Å². The van der Waals surface area contributed by atoms with Crippen LogP contribution in [0.25, 0.3) is 0 Å². The van der Waals surface area contributed by atoms with Gasteiger partial charge in [-0.25, -0.2) is 4.57 Å². The molecule has 0 bridgehead atoms.